The number of hydrogen-bond acceptors (Lipinski definition) is 6. The molecular weight excluding hydrogens is 398 g/mol. The SMILES string of the molecule is Cc1c(N)nc(Nc2ccc(OC3CCNCC3)cc2)nc1-c1cccc(C(C)(C)C)c1. The van der Waals surface area contributed by atoms with E-state index in [0.29, 0.717) is 11.8 Å². The number of nitrogens with two attached hydrogens (primary N) is 1. The van der Waals surface area contributed by atoms with Crippen LogP contribution in [-0.4, -0.2) is 29.2 Å². The summed E-state index contributed by atoms with van der Waals surface area (Å²) in [5.74, 6) is 1.84. The molecule has 0 aliphatic carbocycles. The number of piperidine rings is 1. The van der Waals surface area contributed by atoms with E-state index < -0.39 is 0 Å². The van der Waals surface area contributed by atoms with E-state index in [-0.39, 0.29) is 11.5 Å². The second-order valence-electron chi connectivity index (χ2n) is 9.45. The van der Waals surface area contributed by atoms with Crippen molar-refractivity contribution in [2.45, 2.75) is 52.1 Å². The van der Waals surface area contributed by atoms with E-state index in [1.54, 1.807) is 0 Å². The number of nitrogens with zero attached hydrogens (tertiary/aromatic N) is 2. The Morgan fingerprint density at radius 2 is 1.75 bits per heavy atom. The fourth-order valence-corrected chi connectivity index (χ4v) is 3.86. The van der Waals surface area contributed by atoms with E-state index in [0.717, 1.165) is 54.2 Å². The molecule has 0 bridgehead atoms. The van der Waals surface area contributed by atoms with E-state index in [1.165, 1.54) is 5.56 Å². The molecule has 0 atom stereocenters. The summed E-state index contributed by atoms with van der Waals surface area (Å²) in [6, 6.07) is 16.4. The highest BCUT2D eigenvalue weighted by Crippen LogP contribution is 2.31. The van der Waals surface area contributed by atoms with Crippen LogP contribution >= 0.6 is 0 Å². The number of benzene rings is 2. The Kier molecular flexibility index (Phi) is 6.33. The van der Waals surface area contributed by atoms with E-state index in [4.69, 9.17) is 15.5 Å². The molecule has 0 unspecified atom stereocenters. The summed E-state index contributed by atoms with van der Waals surface area (Å²) < 4.78 is 6.09. The third-order valence-corrected chi connectivity index (χ3v) is 5.88. The molecule has 1 aliphatic rings. The zero-order chi connectivity index (χ0) is 22.7. The topological polar surface area (TPSA) is 85.1 Å². The maximum atomic E-state index is 6.25. The average molecular weight is 432 g/mol. The molecule has 3 aromatic rings. The molecule has 32 heavy (non-hydrogen) atoms. The van der Waals surface area contributed by atoms with Gasteiger partial charge in [0.05, 0.1) is 5.69 Å². The van der Waals surface area contributed by atoms with Crippen LogP contribution in [0.1, 0.15) is 44.7 Å². The smallest absolute Gasteiger partial charge is 0.229 e. The molecule has 0 saturated carbocycles. The van der Waals surface area contributed by atoms with Gasteiger partial charge in [0.15, 0.2) is 0 Å². The van der Waals surface area contributed by atoms with Gasteiger partial charge < -0.3 is 21.1 Å². The highest BCUT2D eigenvalue weighted by atomic mass is 16.5. The van der Waals surface area contributed by atoms with Crippen molar-refractivity contribution in [3.63, 3.8) is 0 Å². The Balaban J connectivity index is 1.54. The Hall–Kier alpha value is -3.12. The van der Waals surface area contributed by atoms with Gasteiger partial charge in [0, 0.05) is 16.8 Å². The quantitative estimate of drug-likeness (QED) is 0.514. The lowest BCUT2D eigenvalue weighted by molar-refractivity contribution is 0.162. The van der Waals surface area contributed by atoms with Gasteiger partial charge in [0.2, 0.25) is 5.95 Å². The summed E-state index contributed by atoms with van der Waals surface area (Å²) in [6.45, 7) is 10.6. The van der Waals surface area contributed by atoms with Gasteiger partial charge in [-0.25, -0.2) is 4.98 Å². The minimum Gasteiger partial charge on any atom is -0.490 e. The summed E-state index contributed by atoms with van der Waals surface area (Å²) in [5, 5.41) is 6.65. The van der Waals surface area contributed by atoms with Crippen molar-refractivity contribution in [2.75, 3.05) is 24.1 Å². The molecule has 1 fully saturated rings. The van der Waals surface area contributed by atoms with Gasteiger partial charge in [0.1, 0.15) is 17.7 Å². The third-order valence-electron chi connectivity index (χ3n) is 5.88. The molecule has 4 rings (SSSR count). The first-order valence-corrected chi connectivity index (χ1v) is 11.3. The lowest BCUT2D eigenvalue weighted by atomic mass is 9.85. The highest BCUT2D eigenvalue weighted by Gasteiger charge is 2.17. The Bertz CT molecular complexity index is 1070. The summed E-state index contributed by atoms with van der Waals surface area (Å²) in [5.41, 5.74) is 11.2. The monoisotopic (exact) mass is 431 g/mol. The van der Waals surface area contributed by atoms with Crippen molar-refractivity contribution in [3.05, 3.63) is 59.7 Å². The van der Waals surface area contributed by atoms with Crippen molar-refractivity contribution in [3.8, 4) is 17.0 Å². The minimum absolute atomic E-state index is 0.0571. The lowest BCUT2D eigenvalue weighted by Gasteiger charge is -2.23. The fourth-order valence-electron chi connectivity index (χ4n) is 3.86. The van der Waals surface area contributed by atoms with Crippen LogP contribution in [0.5, 0.6) is 5.75 Å². The first kappa shape index (κ1) is 22.1. The summed E-state index contributed by atoms with van der Waals surface area (Å²) in [7, 11) is 0. The molecule has 6 heteroatoms. The molecule has 2 heterocycles. The normalized spacial score (nSPS) is 14.9. The number of anilines is 3. The molecule has 168 valence electrons. The lowest BCUT2D eigenvalue weighted by Crippen LogP contribution is -2.34. The summed E-state index contributed by atoms with van der Waals surface area (Å²) >= 11 is 0. The van der Waals surface area contributed by atoms with Crippen LogP contribution in [0, 0.1) is 6.92 Å². The molecule has 0 amide bonds. The summed E-state index contributed by atoms with van der Waals surface area (Å²) in [6.07, 6.45) is 2.35. The predicted octanol–water partition coefficient (Wildman–Crippen LogP) is 5.21. The molecule has 0 radical (unpaired) electrons. The minimum atomic E-state index is 0.0571. The van der Waals surface area contributed by atoms with Gasteiger partial charge in [-0.1, -0.05) is 39.0 Å². The fraction of sp³-hybridized carbons (Fsp3) is 0.385. The van der Waals surface area contributed by atoms with Crippen LogP contribution in [0.2, 0.25) is 0 Å². The molecule has 1 saturated heterocycles. The van der Waals surface area contributed by atoms with Crippen LogP contribution in [0.3, 0.4) is 0 Å². The number of ether oxygens (including phenoxy) is 1. The van der Waals surface area contributed by atoms with Crippen LogP contribution in [0.25, 0.3) is 11.3 Å². The Morgan fingerprint density at radius 1 is 1.03 bits per heavy atom. The zero-order valence-electron chi connectivity index (χ0n) is 19.4. The van der Waals surface area contributed by atoms with Crippen molar-refractivity contribution < 1.29 is 4.74 Å². The van der Waals surface area contributed by atoms with Crippen LogP contribution in [0.4, 0.5) is 17.5 Å². The van der Waals surface area contributed by atoms with Crippen LogP contribution in [0.15, 0.2) is 48.5 Å². The van der Waals surface area contributed by atoms with Gasteiger partial charge in [-0.05, 0) is 74.2 Å². The molecule has 6 nitrogen and oxygen atoms in total. The van der Waals surface area contributed by atoms with Gasteiger partial charge in [-0.15, -0.1) is 0 Å². The van der Waals surface area contributed by atoms with Crippen molar-refractivity contribution in [2.24, 2.45) is 0 Å². The number of nitrogens with one attached hydrogen (secondary N) is 2. The van der Waals surface area contributed by atoms with E-state index >= 15 is 0 Å². The largest absolute Gasteiger partial charge is 0.490 e. The molecule has 1 aromatic heterocycles. The number of aromatic nitrogens is 2. The Labute approximate surface area is 190 Å². The number of nitrogen functional groups attached to an aromatic ring is 1. The van der Waals surface area contributed by atoms with Gasteiger partial charge in [0.25, 0.3) is 0 Å². The third kappa shape index (κ3) is 5.19. The molecule has 0 spiro atoms. The van der Waals surface area contributed by atoms with E-state index in [1.807, 2.05) is 31.2 Å². The number of hydrogen-bond donors (Lipinski definition) is 3. The van der Waals surface area contributed by atoms with Crippen molar-refractivity contribution in [1.29, 1.82) is 0 Å². The van der Waals surface area contributed by atoms with Gasteiger partial charge in [-0.2, -0.15) is 4.98 Å². The van der Waals surface area contributed by atoms with Crippen molar-refractivity contribution in [1.82, 2.24) is 15.3 Å². The van der Waals surface area contributed by atoms with E-state index in [2.05, 4.69) is 60.7 Å². The first-order chi connectivity index (χ1) is 15.3. The Morgan fingerprint density at radius 3 is 2.44 bits per heavy atom. The first-order valence-electron chi connectivity index (χ1n) is 11.3. The van der Waals surface area contributed by atoms with Crippen molar-refractivity contribution >= 4 is 17.5 Å². The van der Waals surface area contributed by atoms with Gasteiger partial charge in [-0.3, -0.25) is 0 Å². The zero-order valence-corrected chi connectivity index (χ0v) is 19.4. The molecule has 2 aromatic carbocycles. The van der Waals surface area contributed by atoms with Crippen LogP contribution < -0.4 is 21.1 Å². The second-order valence-corrected chi connectivity index (χ2v) is 9.45. The predicted molar refractivity (Wildman–Crippen MR) is 132 cm³/mol. The molecule has 4 N–H and O–H groups in total. The average Bonchev–Trinajstić information content (AvgIpc) is 2.78. The highest BCUT2D eigenvalue weighted by molar-refractivity contribution is 5.70. The molecular formula is C26H33N5O. The van der Waals surface area contributed by atoms with Gasteiger partial charge >= 0.3 is 0 Å². The second kappa shape index (κ2) is 9.17. The van der Waals surface area contributed by atoms with E-state index in [9.17, 15) is 0 Å². The summed E-state index contributed by atoms with van der Waals surface area (Å²) in [4.78, 5) is 9.26. The maximum Gasteiger partial charge on any atom is 0.229 e. The maximum absolute atomic E-state index is 6.25. The van der Waals surface area contributed by atoms with Crippen LogP contribution in [-0.2, 0) is 5.41 Å². The molecule has 1 aliphatic heterocycles. The standard InChI is InChI=1S/C26H33N5O/c1-17-23(18-6-5-7-19(16-18)26(2,3)4)30-25(31-24(17)27)29-20-8-10-21(11-9-20)32-22-12-14-28-15-13-22/h5-11,16,22,28H,12-15H2,1-4H3,(H3,27,29,30,31). The number of rotatable bonds is 5.